The molecule has 2 aromatic rings. The summed E-state index contributed by atoms with van der Waals surface area (Å²) in [5.74, 6) is 0.179. The Morgan fingerprint density at radius 3 is 2.78 bits per heavy atom. The molecule has 3 rings (SSSR count). The Kier molecular flexibility index (Phi) is 5.88. The Hall–Kier alpha value is -1.51. The summed E-state index contributed by atoms with van der Waals surface area (Å²) >= 11 is 1.46. The standard InChI is InChI=1S/C19H27N3O3S2/c1-12(2)18(19(23)22-9-5-6-13(3)11-22)21-27(24,25)15-7-8-16-17(10-15)26-14(4)20-16/h7-8,10,12-13,18,21H,5-6,9,11H2,1-4H3/t13-,18-/m0/s1. The van der Waals surface area contributed by atoms with Crippen molar-refractivity contribution in [3.05, 3.63) is 23.2 Å². The Balaban J connectivity index is 1.84. The molecule has 2 atom stereocenters. The first-order valence-corrected chi connectivity index (χ1v) is 11.7. The summed E-state index contributed by atoms with van der Waals surface area (Å²) in [4.78, 5) is 19.3. The van der Waals surface area contributed by atoms with E-state index < -0.39 is 16.1 Å². The maximum atomic E-state index is 13.0. The van der Waals surface area contributed by atoms with Gasteiger partial charge in [-0.2, -0.15) is 4.72 Å². The van der Waals surface area contributed by atoms with Gasteiger partial charge in [0.05, 0.1) is 20.1 Å². The second-order valence-corrected chi connectivity index (χ2v) is 10.7. The lowest BCUT2D eigenvalue weighted by Gasteiger charge is -2.34. The third-order valence-electron chi connectivity index (χ3n) is 4.96. The van der Waals surface area contributed by atoms with Gasteiger partial charge in [-0.3, -0.25) is 4.79 Å². The number of nitrogens with one attached hydrogen (secondary N) is 1. The zero-order valence-electron chi connectivity index (χ0n) is 16.2. The molecule has 148 valence electrons. The lowest BCUT2D eigenvalue weighted by Crippen LogP contribution is -2.53. The van der Waals surface area contributed by atoms with Crippen molar-refractivity contribution in [2.75, 3.05) is 13.1 Å². The van der Waals surface area contributed by atoms with Gasteiger partial charge in [0.1, 0.15) is 6.04 Å². The maximum absolute atomic E-state index is 13.0. The van der Waals surface area contributed by atoms with Gasteiger partial charge in [0.25, 0.3) is 0 Å². The van der Waals surface area contributed by atoms with Gasteiger partial charge in [-0.25, -0.2) is 13.4 Å². The predicted octanol–water partition coefficient (Wildman–Crippen LogP) is 3.17. The van der Waals surface area contributed by atoms with Gasteiger partial charge in [0.15, 0.2) is 0 Å². The molecule has 2 heterocycles. The molecule has 0 spiro atoms. The summed E-state index contributed by atoms with van der Waals surface area (Å²) in [5.41, 5.74) is 0.787. The summed E-state index contributed by atoms with van der Waals surface area (Å²) in [6.45, 7) is 9.14. The number of carbonyl (C=O) groups excluding carboxylic acids is 1. The van der Waals surface area contributed by atoms with Crippen molar-refractivity contribution in [2.24, 2.45) is 11.8 Å². The summed E-state index contributed by atoms with van der Waals surface area (Å²) in [7, 11) is -3.80. The number of fused-ring (bicyclic) bond motifs is 1. The highest BCUT2D eigenvalue weighted by atomic mass is 32.2. The monoisotopic (exact) mass is 409 g/mol. The van der Waals surface area contributed by atoms with E-state index in [1.807, 2.05) is 20.8 Å². The average Bonchev–Trinajstić information content (AvgIpc) is 2.98. The van der Waals surface area contributed by atoms with E-state index >= 15 is 0 Å². The van der Waals surface area contributed by atoms with Crippen molar-refractivity contribution < 1.29 is 13.2 Å². The quantitative estimate of drug-likeness (QED) is 0.823. The van der Waals surface area contributed by atoms with E-state index in [2.05, 4.69) is 16.6 Å². The van der Waals surface area contributed by atoms with Crippen LogP contribution in [-0.2, 0) is 14.8 Å². The number of aromatic nitrogens is 1. The Morgan fingerprint density at radius 2 is 2.11 bits per heavy atom. The van der Waals surface area contributed by atoms with Crippen LogP contribution >= 0.6 is 11.3 Å². The SMILES string of the molecule is Cc1nc2ccc(S(=O)(=O)N[C@H](C(=O)N3CCC[C@H](C)C3)C(C)C)cc2s1. The van der Waals surface area contributed by atoms with Gasteiger partial charge in [-0.05, 0) is 49.8 Å². The first kappa shape index (κ1) is 20.2. The minimum Gasteiger partial charge on any atom is -0.341 e. The highest BCUT2D eigenvalue weighted by molar-refractivity contribution is 7.89. The molecule has 6 nitrogen and oxygen atoms in total. The average molecular weight is 410 g/mol. The molecule has 1 saturated heterocycles. The van der Waals surface area contributed by atoms with E-state index in [4.69, 9.17) is 0 Å². The number of rotatable bonds is 5. The Labute approximate surface area is 165 Å². The third kappa shape index (κ3) is 4.50. The van der Waals surface area contributed by atoms with E-state index in [0.717, 1.165) is 28.1 Å². The highest BCUT2D eigenvalue weighted by Crippen LogP contribution is 2.25. The van der Waals surface area contributed by atoms with Crippen LogP contribution in [0.4, 0.5) is 0 Å². The summed E-state index contributed by atoms with van der Waals surface area (Å²) in [5, 5.41) is 0.891. The second-order valence-electron chi connectivity index (χ2n) is 7.74. The fourth-order valence-electron chi connectivity index (χ4n) is 3.48. The molecule has 1 N–H and O–H groups in total. The number of thiazole rings is 1. The first-order valence-electron chi connectivity index (χ1n) is 9.35. The molecule has 0 radical (unpaired) electrons. The normalized spacial score (nSPS) is 19.6. The van der Waals surface area contributed by atoms with Gasteiger partial charge in [-0.1, -0.05) is 20.8 Å². The molecule has 1 aromatic carbocycles. The molecule has 0 saturated carbocycles. The molecule has 0 aliphatic carbocycles. The van der Waals surface area contributed by atoms with Crippen LogP contribution in [-0.4, -0.2) is 43.3 Å². The van der Waals surface area contributed by atoms with Crippen molar-refractivity contribution in [1.29, 1.82) is 0 Å². The summed E-state index contributed by atoms with van der Waals surface area (Å²) < 4.78 is 29.4. The lowest BCUT2D eigenvalue weighted by molar-refractivity contribution is -0.135. The predicted molar refractivity (Wildman–Crippen MR) is 108 cm³/mol. The molecular weight excluding hydrogens is 382 g/mol. The van der Waals surface area contributed by atoms with Crippen molar-refractivity contribution in [3.8, 4) is 0 Å². The number of aryl methyl sites for hydroxylation is 1. The van der Waals surface area contributed by atoms with Crippen LogP contribution in [0.3, 0.4) is 0 Å². The van der Waals surface area contributed by atoms with Crippen LogP contribution < -0.4 is 4.72 Å². The molecule has 0 unspecified atom stereocenters. The Morgan fingerprint density at radius 1 is 1.37 bits per heavy atom. The first-order chi connectivity index (χ1) is 12.7. The number of likely N-dealkylation sites (tertiary alicyclic amines) is 1. The molecule has 1 aromatic heterocycles. The van der Waals surface area contributed by atoms with E-state index in [0.29, 0.717) is 19.0 Å². The smallest absolute Gasteiger partial charge is 0.241 e. The summed E-state index contributed by atoms with van der Waals surface area (Å²) in [6.07, 6.45) is 2.07. The van der Waals surface area contributed by atoms with Gasteiger partial charge < -0.3 is 4.90 Å². The number of piperidine rings is 1. The van der Waals surface area contributed by atoms with Crippen molar-refractivity contribution in [2.45, 2.75) is 51.5 Å². The second kappa shape index (κ2) is 7.85. The molecule has 1 fully saturated rings. The molecule has 1 aliphatic rings. The van der Waals surface area contributed by atoms with Gasteiger partial charge in [0, 0.05) is 13.1 Å². The van der Waals surface area contributed by atoms with Crippen LogP contribution in [0, 0.1) is 18.8 Å². The fourth-order valence-corrected chi connectivity index (χ4v) is 5.78. The molecule has 8 heteroatoms. The minimum atomic E-state index is -3.80. The fraction of sp³-hybridized carbons (Fsp3) is 0.579. The molecule has 27 heavy (non-hydrogen) atoms. The lowest BCUT2D eigenvalue weighted by atomic mass is 9.97. The van der Waals surface area contributed by atoms with Gasteiger partial charge >= 0.3 is 0 Å². The van der Waals surface area contributed by atoms with E-state index in [9.17, 15) is 13.2 Å². The van der Waals surface area contributed by atoms with Crippen LogP contribution in [0.15, 0.2) is 23.1 Å². The number of hydrogen-bond donors (Lipinski definition) is 1. The number of amides is 1. The van der Waals surface area contributed by atoms with Crippen molar-refractivity contribution >= 4 is 37.5 Å². The Bertz CT molecular complexity index is 937. The number of benzene rings is 1. The number of nitrogens with zero attached hydrogens (tertiary/aromatic N) is 2. The highest BCUT2D eigenvalue weighted by Gasteiger charge is 2.33. The molecular formula is C19H27N3O3S2. The largest absolute Gasteiger partial charge is 0.341 e. The van der Waals surface area contributed by atoms with Crippen LogP contribution in [0.5, 0.6) is 0 Å². The molecule has 0 bridgehead atoms. The van der Waals surface area contributed by atoms with Crippen LogP contribution in [0.1, 0.15) is 38.6 Å². The molecule has 1 amide bonds. The van der Waals surface area contributed by atoms with E-state index in [1.54, 1.807) is 23.1 Å². The molecule has 1 aliphatic heterocycles. The van der Waals surface area contributed by atoms with E-state index in [-0.39, 0.29) is 16.7 Å². The topological polar surface area (TPSA) is 79.4 Å². The zero-order chi connectivity index (χ0) is 19.8. The maximum Gasteiger partial charge on any atom is 0.241 e. The number of sulfonamides is 1. The van der Waals surface area contributed by atoms with Crippen LogP contribution in [0.2, 0.25) is 0 Å². The van der Waals surface area contributed by atoms with Crippen molar-refractivity contribution in [3.63, 3.8) is 0 Å². The van der Waals surface area contributed by atoms with Gasteiger partial charge in [-0.15, -0.1) is 11.3 Å². The zero-order valence-corrected chi connectivity index (χ0v) is 17.9. The van der Waals surface area contributed by atoms with E-state index in [1.165, 1.54) is 11.3 Å². The summed E-state index contributed by atoms with van der Waals surface area (Å²) in [6, 6.07) is 4.13. The van der Waals surface area contributed by atoms with Gasteiger partial charge in [0.2, 0.25) is 15.9 Å². The van der Waals surface area contributed by atoms with Crippen LogP contribution in [0.25, 0.3) is 10.2 Å². The number of carbonyl (C=O) groups is 1. The van der Waals surface area contributed by atoms with Crippen molar-refractivity contribution in [1.82, 2.24) is 14.6 Å². The number of hydrogen-bond acceptors (Lipinski definition) is 5. The minimum absolute atomic E-state index is 0.130. The third-order valence-corrected chi connectivity index (χ3v) is 7.33.